The average Bonchev–Trinajstić information content (AvgIpc) is 3.30. The number of benzene rings is 1. The number of para-hydroxylation sites is 1. The Kier molecular flexibility index (Phi) is 5.69. The Labute approximate surface area is 154 Å². The number of nitrogens with zero attached hydrogens (tertiary/aromatic N) is 3. The van der Waals surface area contributed by atoms with Gasteiger partial charge in [0.15, 0.2) is 10.9 Å². The Balaban J connectivity index is 1.82. The Morgan fingerprint density at radius 2 is 1.96 bits per heavy atom. The normalized spacial score (nSPS) is 10.5. The van der Waals surface area contributed by atoms with Gasteiger partial charge in [0, 0.05) is 12.2 Å². The van der Waals surface area contributed by atoms with E-state index in [1.807, 2.05) is 34.9 Å². The highest BCUT2D eigenvalue weighted by molar-refractivity contribution is 7.99. The second-order valence-electron chi connectivity index (χ2n) is 5.15. The van der Waals surface area contributed by atoms with Crippen molar-refractivity contribution < 1.29 is 14.0 Å². The number of carbonyl (C=O) groups is 2. The molecule has 3 rings (SSSR count). The third-order valence-electron chi connectivity index (χ3n) is 3.31. The lowest BCUT2D eigenvalue weighted by atomic mass is 10.3. The maximum Gasteiger partial charge on any atom is 0.321 e. The van der Waals surface area contributed by atoms with Crippen LogP contribution in [0.1, 0.15) is 6.92 Å². The standard InChI is InChI=1S/C17H17N5O3S/c1-2-18-16(24)19-14(23)11-26-17-21-20-15(13-9-6-10-25-13)22(17)12-7-4-3-5-8-12/h3-10H,2,11H2,1H3,(H2,18,19,23,24). The van der Waals surface area contributed by atoms with E-state index in [0.717, 1.165) is 5.69 Å². The van der Waals surface area contributed by atoms with Crippen LogP contribution >= 0.6 is 11.8 Å². The summed E-state index contributed by atoms with van der Waals surface area (Å²) in [6, 6.07) is 12.6. The SMILES string of the molecule is CCNC(=O)NC(=O)CSc1nnc(-c2ccco2)n1-c1ccccc1. The Morgan fingerprint density at radius 3 is 2.65 bits per heavy atom. The van der Waals surface area contributed by atoms with E-state index in [1.165, 1.54) is 11.8 Å². The molecule has 2 N–H and O–H groups in total. The van der Waals surface area contributed by atoms with Crippen molar-refractivity contribution in [2.75, 3.05) is 12.3 Å². The van der Waals surface area contributed by atoms with Gasteiger partial charge >= 0.3 is 6.03 Å². The highest BCUT2D eigenvalue weighted by Crippen LogP contribution is 2.27. The van der Waals surface area contributed by atoms with Gasteiger partial charge in [-0.3, -0.25) is 14.7 Å². The van der Waals surface area contributed by atoms with Gasteiger partial charge in [-0.05, 0) is 31.2 Å². The molecule has 0 saturated carbocycles. The predicted octanol–water partition coefficient (Wildman–Crippen LogP) is 2.47. The van der Waals surface area contributed by atoms with Crippen molar-refractivity contribution in [1.29, 1.82) is 0 Å². The van der Waals surface area contributed by atoms with E-state index in [1.54, 1.807) is 25.3 Å². The molecule has 3 amide bonds. The van der Waals surface area contributed by atoms with Crippen LogP contribution in [0.15, 0.2) is 58.3 Å². The number of imide groups is 1. The predicted molar refractivity (Wildman–Crippen MR) is 97.0 cm³/mol. The van der Waals surface area contributed by atoms with Crippen LogP contribution < -0.4 is 10.6 Å². The lowest BCUT2D eigenvalue weighted by molar-refractivity contribution is -0.117. The summed E-state index contributed by atoms with van der Waals surface area (Å²) < 4.78 is 7.24. The molecule has 0 fully saturated rings. The van der Waals surface area contributed by atoms with E-state index in [4.69, 9.17) is 4.42 Å². The fourth-order valence-corrected chi connectivity index (χ4v) is 2.99. The van der Waals surface area contributed by atoms with Crippen LogP contribution in [0, 0.1) is 0 Å². The van der Waals surface area contributed by atoms with Gasteiger partial charge < -0.3 is 9.73 Å². The minimum atomic E-state index is -0.515. The summed E-state index contributed by atoms with van der Waals surface area (Å²) in [6.07, 6.45) is 1.56. The number of amides is 3. The van der Waals surface area contributed by atoms with Crippen LogP contribution in [0.5, 0.6) is 0 Å². The Hall–Kier alpha value is -3.07. The number of carbonyl (C=O) groups excluding carboxylic acids is 2. The molecule has 8 nitrogen and oxygen atoms in total. The monoisotopic (exact) mass is 371 g/mol. The number of hydrogen-bond donors (Lipinski definition) is 2. The highest BCUT2D eigenvalue weighted by atomic mass is 32.2. The van der Waals surface area contributed by atoms with Gasteiger partial charge in [-0.25, -0.2) is 4.79 Å². The zero-order chi connectivity index (χ0) is 18.4. The minimum absolute atomic E-state index is 0.0280. The molecule has 0 atom stereocenters. The van der Waals surface area contributed by atoms with Crippen molar-refractivity contribution in [2.45, 2.75) is 12.1 Å². The topological polar surface area (TPSA) is 102 Å². The van der Waals surface area contributed by atoms with Crippen molar-refractivity contribution in [1.82, 2.24) is 25.4 Å². The Bertz CT molecular complexity index is 877. The van der Waals surface area contributed by atoms with Gasteiger partial charge in [0.2, 0.25) is 11.7 Å². The van der Waals surface area contributed by atoms with Crippen LogP contribution in [-0.4, -0.2) is 39.0 Å². The summed E-state index contributed by atoms with van der Waals surface area (Å²) in [5.74, 6) is 0.719. The summed E-state index contributed by atoms with van der Waals surface area (Å²) in [4.78, 5) is 23.3. The molecule has 134 valence electrons. The van der Waals surface area contributed by atoms with Gasteiger partial charge in [-0.1, -0.05) is 30.0 Å². The molecule has 0 aliphatic heterocycles. The van der Waals surface area contributed by atoms with Crippen molar-refractivity contribution in [3.8, 4) is 17.3 Å². The van der Waals surface area contributed by atoms with Gasteiger partial charge in [0.05, 0.1) is 12.0 Å². The second kappa shape index (κ2) is 8.34. The van der Waals surface area contributed by atoms with Crippen molar-refractivity contribution in [3.63, 3.8) is 0 Å². The van der Waals surface area contributed by atoms with Crippen LogP contribution in [-0.2, 0) is 4.79 Å². The summed E-state index contributed by atoms with van der Waals surface area (Å²) in [7, 11) is 0. The molecule has 9 heteroatoms. The number of aromatic nitrogens is 3. The molecule has 0 bridgehead atoms. The largest absolute Gasteiger partial charge is 0.461 e. The van der Waals surface area contributed by atoms with E-state index in [0.29, 0.717) is 23.3 Å². The molecule has 2 aromatic heterocycles. The molecule has 0 spiro atoms. The molecule has 0 saturated heterocycles. The molecule has 0 aliphatic rings. The smallest absolute Gasteiger partial charge is 0.321 e. The fraction of sp³-hybridized carbons (Fsp3) is 0.176. The first-order valence-electron chi connectivity index (χ1n) is 7.94. The fourth-order valence-electron chi connectivity index (χ4n) is 2.24. The zero-order valence-corrected chi connectivity index (χ0v) is 14.8. The third kappa shape index (κ3) is 4.12. The number of hydrogen-bond acceptors (Lipinski definition) is 6. The maximum atomic E-state index is 11.9. The highest BCUT2D eigenvalue weighted by Gasteiger charge is 2.19. The van der Waals surface area contributed by atoms with Gasteiger partial charge in [0.1, 0.15) is 0 Å². The maximum absolute atomic E-state index is 11.9. The summed E-state index contributed by atoms with van der Waals surface area (Å²) in [6.45, 7) is 2.22. The first-order valence-corrected chi connectivity index (χ1v) is 8.92. The Morgan fingerprint density at radius 1 is 1.15 bits per heavy atom. The van der Waals surface area contributed by atoms with Gasteiger partial charge in [-0.15, -0.1) is 10.2 Å². The average molecular weight is 371 g/mol. The molecule has 1 aromatic carbocycles. The molecular weight excluding hydrogens is 354 g/mol. The van der Waals surface area contributed by atoms with Crippen LogP contribution in [0.25, 0.3) is 17.3 Å². The van der Waals surface area contributed by atoms with Crippen molar-refractivity contribution in [2.24, 2.45) is 0 Å². The van der Waals surface area contributed by atoms with Crippen LogP contribution in [0.4, 0.5) is 4.79 Å². The summed E-state index contributed by atoms with van der Waals surface area (Å²) in [5.41, 5.74) is 0.843. The molecule has 0 radical (unpaired) electrons. The summed E-state index contributed by atoms with van der Waals surface area (Å²) >= 11 is 1.18. The first kappa shape index (κ1) is 17.7. The third-order valence-corrected chi connectivity index (χ3v) is 4.24. The van der Waals surface area contributed by atoms with Crippen molar-refractivity contribution in [3.05, 3.63) is 48.7 Å². The quantitative estimate of drug-likeness (QED) is 0.646. The molecule has 0 aliphatic carbocycles. The molecule has 3 aromatic rings. The number of furan rings is 1. The van der Waals surface area contributed by atoms with Crippen LogP contribution in [0.3, 0.4) is 0 Å². The minimum Gasteiger partial charge on any atom is -0.461 e. The number of rotatable bonds is 6. The lowest BCUT2D eigenvalue weighted by Gasteiger charge is -2.09. The van der Waals surface area contributed by atoms with Gasteiger partial charge in [-0.2, -0.15) is 0 Å². The van der Waals surface area contributed by atoms with E-state index in [9.17, 15) is 9.59 Å². The van der Waals surface area contributed by atoms with E-state index in [2.05, 4.69) is 20.8 Å². The number of urea groups is 1. The molecule has 2 heterocycles. The van der Waals surface area contributed by atoms with Crippen LogP contribution in [0.2, 0.25) is 0 Å². The first-order chi connectivity index (χ1) is 12.7. The number of nitrogens with one attached hydrogen (secondary N) is 2. The second-order valence-corrected chi connectivity index (χ2v) is 6.09. The molecular formula is C17H17N5O3S. The number of thioether (sulfide) groups is 1. The lowest BCUT2D eigenvalue weighted by Crippen LogP contribution is -2.40. The molecule has 26 heavy (non-hydrogen) atoms. The van der Waals surface area contributed by atoms with Crippen molar-refractivity contribution >= 4 is 23.7 Å². The van der Waals surface area contributed by atoms with E-state index >= 15 is 0 Å². The van der Waals surface area contributed by atoms with E-state index in [-0.39, 0.29) is 5.75 Å². The molecule has 0 unspecified atom stereocenters. The summed E-state index contributed by atoms with van der Waals surface area (Å²) in [5, 5.41) is 13.7. The van der Waals surface area contributed by atoms with E-state index < -0.39 is 11.9 Å². The zero-order valence-electron chi connectivity index (χ0n) is 14.0. The van der Waals surface area contributed by atoms with Gasteiger partial charge in [0.25, 0.3) is 0 Å².